The van der Waals surface area contributed by atoms with Crippen molar-refractivity contribution < 1.29 is 9.53 Å². The van der Waals surface area contributed by atoms with Crippen LogP contribution >= 0.6 is 0 Å². The minimum atomic E-state index is 0.0691. The van der Waals surface area contributed by atoms with E-state index in [1.165, 1.54) is 6.26 Å². The molecule has 24 heavy (non-hydrogen) atoms. The number of rotatable bonds is 6. The smallest absolute Gasteiger partial charge is 0.223 e. The summed E-state index contributed by atoms with van der Waals surface area (Å²) in [5, 5.41) is 2.92. The van der Waals surface area contributed by atoms with Gasteiger partial charge in [0.15, 0.2) is 0 Å². The summed E-state index contributed by atoms with van der Waals surface area (Å²) in [6.45, 7) is 6.16. The fourth-order valence-corrected chi connectivity index (χ4v) is 3.22. The Kier molecular flexibility index (Phi) is 5.03. The normalized spacial score (nSPS) is 15.5. The molecule has 0 spiro atoms. The number of nitrogens with zero attached hydrogens (tertiary/aromatic N) is 3. The molecular formula is C18H24N4O2. The van der Waals surface area contributed by atoms with Crippen LogP contribution in [0.15, 0.2) is 37.1 Å². The van der Waals surface area contributed by atoms with Gasteiger partial charge in [-0.05, 0) is 25.0 Å². The van der Waals surface area contributed by atoms with Gasteiger partial charge >= 0.3 is 0 Å². The predicted molar refractivity (Wildman–Crippen MR) is 94.8 cm³/mol. The van der Waals surface area contributed by atoms with Crippen LogP contribution in [0.3, 0.4) is 0 Å². The zero-order valence-corrected chi connectivity index (χ0v) is 14.1. The van der Waals surface area contributed by atoms with Crippen molar-refractivity contribution in [2.45, 2.75) is 12.8 Å². The van der Waals surface area contributed by atoms with E-state index in [-0.39, 0.29) is 11.8 Å². The van der Waals surface area contributed by atoms with E-state index < -0.39 is 0 Å². The predicted octanol–water partition coefficient (Wildman–Crippen LogP) is 2.07. The van der Waals surface area contributed by atoms with Crippen LogP contribution in [-0.2, 0) is 16.6 Å². The number of piperidine rings is 1. The molecule has 6 heteroatoms. The average Bonchev–Trinajstić information content (AvgIpc) is 2.96. The molecule has 0 saturated carbocycles. The SMILES string of the molecule is C=COCCNC(=O)C1CCN(c2nc3ccccc3n2C)CC1. The summed E-state index contributed by atoms with van der Waals surface area (Å²) in [5.74, 6) is 1.17. The van der Waals surface area contributed by atoms with E-state index >= 15 is 0 Å². The third-order valence-electron chi connectivity index (χ3n) is 4.55. The molecule has 0 atom stereocenters. The molecule has 1 fully saturated rings. The second kappa shape index (κ2) is 7.38. The quantitative estimate of drug-likeness (QED) is 0.651. The molecule has 6 nitrogen and oxygen atoms in total. The van der Waals surface area contributed by atoms with Crippen LogP contribution in [0.2, 0.25) is 0 Å². The fraction of sp³-hybridized carbons (Fsp3) is 0.444. The van der Waals surface area contributed by atoms with Crippen molar-refractivity contribution in [3.63, 3.8) is 0 Å². The molecule has 1 N–H and O–H groups in total. The molecule has 0 bridgehead atoms. The summed E-state index contributed by atoms with van der Waals surface area (Å²) >= 11 is 0. The van der Waals surface area contributed by atoms with Crippen molar-refractivity contribution in [2.75, 3.05) is 31.1 Å². The first-order valence-corrected chi connectivity index (χ1v) is 8.37. The number of benzene rings is 1. The molecule has 2 heterocycles. The molecule has 1 aliphatic rings. The van der Waals surface area contributed by atoms with Crippen LogP contribution in [0, 0.1) is 5.92 Å². The van der Waals surface area contributed by atoms with Gasteiger partial charge in [-0.1, -0.05) is 18.7 Å². The highest BCUT2D eigenvalue weighted by Crippen LogP contribution is 2.25. The number of hydrogen-bond acceptors (Lipinski definition) is 4. The van der Waals surface area contributed by atoms with Crippen LogP contribution in [0.1, 0.15) is 12.8 Å². The van der Waals surface area contributed by atoms with Crippen LogP contribution < -0.4 is 10.2 Å². The minimum Gasteiger partial charge on any atom is -0.500 e. The summed E-state index contributed by atoms with van der Waals surface area (Å²) in [6, 6.07) is 8.15. The lowest BCUT2D eigenvalue weighted by atomic mass is 9.96. The van der Waals surface area contributed by atoms with Crippen molar-refractivity contribution in [2.24, 2.45) is 13.0 Å². The van der Waals surface area contributed by atoms with Gasteiger partial charge in [-0.3, -0.25) is 4.79 Å². The summed E-state index contributed by atoms with van der Waals surface area (Å²) in [4.78, 5) is 19.2. The molecule has 1 saturated heterocycles. The topological polar surface area (TPSA) is 59.4 Å². The molecule has 128 valence electrons. The second-order valence-corrected chi connectivity index (χ2v) is 6.05. The maximum Gasteiger partial charge on any atom is 0.223 e. The third kappa shape index (κ3) is 3.37. The number of ether oxygens (including phenoxy) is 1. The van der Waals surface area contributed by atoms with Crippen LogP contribution in [0.5, 0.6) is 0 Å². The maximum absolute atomic E-state index is 12.2. The Bertz CT molecular complexity index is 717. The summed E-state index contributed by atoms with van der Waals surface area (Å²) < 4.78 is 7.15. The number of aromatic nitrogens is 2. The highest BCUT2D eigenvalue weighted by Gasteiger charge is 2.26. The van der Waals surface area contributed by atoms with Gasteiger partial charge in [0, 0.05) is 26.1 Å². The molecule has 0 unspecified atom stereocenters. The van der Waals surface area contributed by atoms with Crippen LogP contribution in [0.25, 0.3) is 11.0 Å². The Morgan fingerprint density at radius 2 is 2.17 bits per heavy atom. The highest BCUT2D eigenvalue weighted by atomic mass is 16.5. The van der Waals surface area contributed by atoms with Crippen molar-refractivity contribution in [1.29, 1.82) is 0 Å². The number of amides is 1. The number of hydrogen-bond donors (Lipinski definition) is 1. The Balaban J connectivity index is 1.57. The van der Waals surface area contributed by atoms with Gasteiger partial charge in [-0.25, -0.2) is 4.98 Å². The average molecular weight is 328 g/mol. The number of nitrogens with one attached hydrogen (secondary N) is 1. The number of anilines is 1. The maximum atomic E-state index is 12.2. The van der Waals surface area contributed by atoms with Gasteiger partial charge in [0.05, 0.1) is 23.8 Å². The van der Waals surface area contributed by atoms with Gasteiger partial charge in [0.1, 0.15) is 6.61 Å². The van der Waals surface area contributed by atoms with Crippen LogP contribution in [-0.4, -0.2) is 41.7 Å². The third-order valence-corrected chi connectivity index (χ3v) is 4.55. The molecule has 0 radical (unpaired) electrons. The summed E-state index contributed by atoms with van der Waals surface area (Å²) in [5.41, 5.74) is 2.15. The van der Waals surface area contributed by atoms with Gasteiger partial charge in [-0.15, -0.1) is 0 Å². The molecule has 1 amide bonds. The number of carbonyl (C=O) groups excluding carboxylic acids is 1. The van der Waals surface area contributed by atoms with Gasteiger partial charge in [0.25, 0.3) is 0 Å². The molecule has 0 aliphatic carbocycles. The van der Waals surface area contributed by atoms with E-state index in [0.717, 1.165) is 42.9 Å². The number of para-hydroxylation sites is 2. The van der Waals surface area contributed by atoms with E-state index in [9.17, 15) is 4.79 Å². The van der Waals surface area contributed by atoms with Crippen molar-refractivity contribution in [3.05, 3.63) is 37.1 Å². The molecular weight excluding hydrogens is 304 g/mol. The van der Waals surface area contributed by atoms with Gasteiger partial charge in [0.2, 0.25) is 11.9 Å². The van der Waals surface area contributed by atoms with Crippen molar-refractivity contribution >= 4 is 22.9 Å². The van der Waals surface area contributed by atoms with Gasteiger partial charge < -0.3 is 19.5 Å². The number of aryl methyl sites for hydroxylation is 1. The summed E-state index contributed by atoms with van der Waals surface area (Å²) in [7, 11) is 2.04. The second-order valence-electron chi connectivity index (χ2n) is 6.05. The number of fused-ring (bicyclic) bond motifs is 1. The van der Waals surface area contributed by atoms with E-state index in [1.807, 2.05) is 25.2 Å². The first-order valence-electron chi connectivity index (χ1n) is 8.37. The molecule has 1 aromatic carbocycles. The lowest BCUT2D eigenvalue weighted by Gasteiger charge is -2.32. The molecule has 1 aromatic heterocycles. The van der Waals surface area contributed by atoms with Crippen molar-refractivity contribution in [3.8, 4) is 0 Å². The molecule has 2 aromatic rings. The highest BCUT2D eigenvalue weighted by molar-refractivity contribution is 5.80. The van der Waals surface area contributed by atoms with Gasteiger partial charge in [-0.2, -0.15) is 0 Å². The number of carbonyl (C=O) groups is 1. The van der Waals surface area contributed by atoms with E-state index in [0.29, 0.717) is 13.2 Å². The zero-order chi connectivity index (χ0) is 16.9. The fourth-order valence-electron chi connectivity index (χ4n) is 3.22. The Hall–Kier alpha value is -2.50. The Morgan fingerprint density at radius 1 is 1.42 bits per heavy atom. The largest absolute Gasteiger partial charge is 0.500 e. The molecule has 1 aliphatic heterocycles. The monoisotopic (exact) mass is 328 g/mol. The lowest BCUT2D eigenvalue weighted by molar-refractivity contribution is -0.125. The first kappa shape index (κ1) is 16.4. The van der Waals surface area contributed by atoms with Crippen LogP contribution in [0.4, 0.5) is 5.95 Å². The van der Waals surface area contributed by atoms with Crippen molar-refractivity contribution in [1.82, 2.24) is 14.9 Å². The first-order chi connectivity index (χ1) is 11.7. The Labute approximate surface area is 142 Å². The van der Waals surface area contributed by atoms with E-state index in [4.69, 9.17) is 9.72 Å². The summed E-state index contributed by atoms with van der Waals surface area (Å²) in [6.07, 6.45) is 3.08. The zero-order valence-electron chi connectivity index (χ0n) is 14.1. The minimum absolute atomic E-state index is 0.0691. The van der Waals surface area contributed by atoms with E-state index in [1.54, 1.807) is 0 Å². The standard InChI is InChI=1S/C18H24N4O2/c1-3-24-13-10-19-17(23)14-8-11-22(12-9-14)18-20-15-6-4-5-7-16(15)21(18)2/h3-7,14H,1,8-13H2,2H3,(H,19,23). The lowest BCUT2D eigenvalue weighted by Crippen LogP contribution is -2.42. The Morgan fingerprint density at radius 3 is 2.88 bits per heavy atom. The number of imidazole rings is 1. The van der Waals surface area contributed by atoms with E-state index in [2.05, 4.69) is 27.4 Å². The molecule has 3 rings (SSSR count).